The third-order valence-electron chi connectivity index (χ3n) is 7.57. The zero-order chi connectivity index (χ0) is 30.3. The molecule has 15 heteroatoms. The molecule has 4 rings (SSSR count). The Morgan fingerprint density at radius 3 is 2.17 bits per heavy atom. The zero-order valence-corrected chi connectivity index (χ0v) is 25.0. The van der Waals surface area contributed by atoms with E-state index in [0.29, 0.717) is 28.7 Å². The van der Waals surface area contributed by atoms with Crippen LogP contribution in [0.5, 0.6) is 0 Å². The van der Waals surface area contributed by atoms with E-state index in [9.17, 15) is 30.8 Å². The van der Waals surface area contributed by atoms with Gasteiger partial charge in [-0.2, -0.15) is 30.2 Å². The van der Waals surface area contributed by atoms with Crippen molar-refractivity contribution < 1.29 is 30.8 Å². The van der Waals surface area contributed by atoms with Gasteiger partial charge in [-0.05, 0) is 42.4 Å². The van der Waals surface area contributed by atoms with Crippen LogP contribution in [-0.2, 0) is 22.9 Å². The van der Waals surface area contributed by atoms with Crippen molar-refractivity contribution in [3.05, 3.63) is 69.0 Å². The van der Waals surface area contributed by atoms with Gasteiger partial charge < -0.3 is 9.80 Å². The molecule has 226 valence electrons. The van der Waals surface area contributed by atoms with Crippen molar-refractivity contribution in [1.29, 1.82) is 0 Å². The van der Waals surface area contributed by atoms with Gasteiger partial charge in [0.05, 0.1) is 15.6 Å². The summed E-state index contributed by atoms with van der Waals surface area (Å²) in [5, 5.41) is 0.718. The summed E-state index contributed by atoms with van der Waals surface area (Å²) in [7, 11) is 1.09. The Balaban J connectivity index is 1.53. The number of halogens is 6. The Morgan fingerprint density at radius 2 is 1.61 bits per heavy atom. The lowest BCUT2D eigenvalue weighted by Gasteiger charge is -2.37. The maximum absolute atomic E-state index is 14.2. The van der Waals surface area contributed by atoms with E-state index in [4.69, 9.17) is 23.2 Å². The van der Waals surface area contributed by atoms with Gasteiger partial charge in [0.2, 0.25) is 0 Å². The van der Waals surface area contributed by atoms with Crippen LogP contribution in [0, 0.1) is 5.82 Å². The van der Waals surface area contributed by atoms with Crippen LogP contribution >= 0.6 is 23.2 Å². The van der Waals surface area contributed by atoms with Crippen molar-refractivity contribution >= 4 is 39.4 Å². The van der Waals surface area contributed by atoms with Crippen LogP contribution < -0.4 is 0 Å². The second kappa shape index (κ2) is 12.2. The lowest BCUT2D eigenvalue weighted by atomic mass is 9.93. The number of piperazine rings is 1. The molecule has 2 aliphatic heterocycles. The van der Waals surface area contributed by atoms with Crippen molar-refractivity contribution in [1.82, 2.24) is 23.3 Å². The van der Waals surface area contributed by atoms with Gasteiger partial charge in [-0.15, -0.1) is 0 Å². The molecule has 2 heterocycles. The van der Waals surface area contributed by atoms with Gasteiger partial charge in [-0.3, -0.25) is 4.90 Å². The van der Waals surface area contributed by atoms with Gasteiger partial charge >= 0.3 is 12.2 Å². The van der Waals surface area contributed by atoms with E-state index < -0.39 is 27.8 Å². The summed E-state index contributed by atoms with van der Waals surface area (Å²) in [6.45, 7) is 1.54. The van der Waals surface area contributed by atoms with Gasteiger partial charge in [-0.25, -0.2) is 9.18 Å². The smallest absolute Gasteiger partial charge is 0.322 e. The number of carbonyl (C=O) groups excluding carboxylic acids is 1. The SMILES string of the molecule is CN(Cc1ccc(C(F)(F)F)c(F)c1)C1CN(C(=O)N2CCN(S(=O)(=O)N(C)C)CC2)CC1c1ccc(Cl)c(Cl)c1. The standard InChI is InChI=1S/C26H31Cl2F4N5O3S/c1-33(2)41(39,40)37-10-8-35(9-11-37)25(38)36-15-19(18-5-7-21(27)22(28)13-18)24(16-36)34(3)14-17-4-6-20(23(29)12-17)26(30,31)32/h4-7,12-13,19,24H,8-11,14-16H2,1-3H3. The van der Waals surface area contributed by atoms with Crippen LogP contribution in [0.3, 0.4) is 0 Å². The van der Waals surface area contributed by atoms with Crippen LogP contribution in [0.25, 0.3) is 0 Å². The first-order valence-electron chi connectivity index (χ1n) is 12.8. The molecule has 2 atom stereocenters. The normalized spacial score (nSPS) is 20.9. The molecule has 2 aromatic carbocycles. The Labute approximate surface area is 247 Å². The number of hydrogen-bond donors (Lipinski definition) is 0. The van der Waals surface area contributed by atoms with Gasteiger partial charge in [0, 0.05) is 71.9 Å². The lowest BCUT2D eigenvalue weighted by molar-refractivity contribution is -0.140. The number of benzene rings is 2. The number of urea groups is 1. The molecule has 2 aliphatic rings. The molecule has 0 aromatic heterocycles. The number of rotatable bonds is 6. The fourth-order valence-electron chi connectivity index (χ4n) is 5.29. The maximum Gasteiger partial charge on any atom is 0.419 e. The number of likely N-dealkylation sites (tertiary alicyclic amines) is 1. The predicted octanol–water partition coefficient (Wildman–Crippen LogP) is 4.60. The van der Waals surface area contributed by atoms with Crippen molar-refractivity contribution in [2.45, 2.75) is 24.7 Å². The van der Waals surface area contributed by atoms with Gasteiger partial charge in [0.1, 0.15) is 5.82 Å². The molecule has 0 bridgehead atoms. The fourth-order valence-corrected chi connectivity index (χ4v) is 6.69. The molecule has 2 unspecified atom stereocenters. The number of nitrogens with zero attached hydrogens (tertiary/aromatic N) is 5. The van der Waals surface area contributed by atoms with E-state index in [2.05, 4.69) is 0 Å². The quantitative estimate of drug-likeness (QED) is 0.434. The molecule has 0 N–H and O–H groups in total. The summed E-state index contributed by atoms with van der Waals surface area (Å²) in [5.41, 5.74) is -0.144. The molecule has 8 nitrogen and oxygen atoms in total. The van der Waals surface area contributed by atoms with Crippen LogP contribution in [-0.4, -0.2) is 104 Å². The van der Waals surface area contributed by atoms with Crippen LogP contribution in [0.1, 0.15) is 22.6 Å². The summed E-state index contributed by atoms with van der Waals surface area (Å²) in [6.07, 6.45) is -4.79. The first-order chi connectivity index (χ1) is 19.1. The second-order valence-corrected chi connectivity index (χ2v) is 13.4. The van der Waals surface area contributed by atoms with Crippen LogP contribution in [0.2, 0.25) is 10.0 Å². The van der Waals surface area contributed by atoms with Crippen molar-refractivity contribution in [3.8, 4) is 0 Å². The monoisotopic (exact) mass is 639 g/mol. The molecule has 0 saturated carbocycles. The summed E-state index contributed by atoms with van der Waals surface area (Å²) < 4.78 is 80.7. The van der Waals surface area contributed by atoms with E-state index in [1.54, 1.807) is 29.0 Å². The third-order valence-corrected chi connectivity index (χ3v) is 10.2. The number of carbonyl (C=O) groups is 1. The molecule has 0 radical (unpaired) electrons. The van der Waals surface area contributed by atoms with Crippen molar-refractivity contribution in [2.24, 2.45) is 0 Å². The number of amides is 2. The highest BCUT2D eigenvalue weighted by Gasteiger charge is 2.41. The van der Waals surface area contributed by atoms with E-state index in [1.165, 1.54) is 24.5 Å². The molecule has 2 amide bonds. The molecular weight excluding hydrogens is 609 g/mol. The largest absolute Gasteiger partial charge is 0.419 e. The van der Waals surface area contributed by atoms with Crippen LogP contribution in [0.15, 0.2) is 36.4 Å². The fraction of sp³-hybridized carbons (Fsp3) is 0.500. The van der Waals surface area contributed by atoms with Crippen LogP contribution in [0.4, 0.5) is 22.4 Å². The number of alkyl halides is 3. The van der Waals surface area contributed by atoms with Gasteiger partial charge in [-0.1, -0.05) is 35.3 Å². The number of likely N-dealkylation sites (N-methyl/N-ethyl adjacent to an activating group) is 1. The molecule has 2 saturated heterocycles. The topological polar surface area (TPSA) is 67.4 Å². The molecule has 41 heavy (non-hydrogen) atoms. The molecule has 2 fully saturated rings. The first kappa shape index (κ1) is 31.8. The average Bonchev–Trinajstić information content (AvgIpc) is 3.35. The van der Waals surface area contributed by atoms with E-state index in [-0.39, 0.29) is 50.7 Å². The minimum Gasteiger partial charge on any atom is -0.322 e. The summed E-state index contributed by atoms with van der Waals surface area (Å²) in [5.74, 6) is -1.57. The first-order valence-corrected chi connectivity index (χ1v) is 15.0. The minimum absolute atomic E-state index is 0.140. The lowest BCUT2D eigenvalue weighted by Crippen LogP contribution is -2.55. The Kier molecular flexibility index (Phi) is 9.46. The highest BCUT2D eigenvalue weighted by Crippen LogP contribution is 2.36. The minimum atomic E-state index is -4.79. The molecule has 0 spiro atoms. The average molecular weight is 641 g/mol. The Hall–Kier alpha value is -2.16. The van der Waals surface area contributed by atoms with Crippen molar-refractivity contribution in [3.63, 3.8) is 0 Å². The van der Waals surface area contributed by atoms with E-state index in [1.807, 2.05) is 11.0 Å². The van der Waals surface area contributed by atoms with Gasteiger partial charge in [0.15, 0.2) is 0 Å². The maximum atomic E-state index is 14.2. The summed E-state index contributed by atoms with van der Waals surface area (Å²) in [4.78, 5) is 18.7. The van der Waals surface area contributed by atoms with E-state index >= 15 is 0 Å². The highest BCUT2D eigenvalue weighted by atomic mass is 35.5. The molecule has 0 aliphatic carbocycles. The highest BCUT2D eigenvalue weighted by molar-refractivity contribution is 7.86. The predicted molar refractivity (Wildman–Crippen MR) is 149 cm³/mol. The third kappa shape index (κ3) is 6.91. The Morgan fingerprint density at radius 1 is 0.951 bits per heavy atom. The molecule has 2 aromatic rings. The van der Waals surface area contributed by atoms with Gasteiger partial charge in [0.25, 0.3) is 10.2 Å². The summed E-state index contributed by atoms with van der Waals surface area (Å²) >= 11 is 12.4. The second-order valence-electron chi connectivity index (χ2n) is 10.4. The zero-order valence-electron chi connectivity index (χ0n) is 22.7. The number of hydrogen-bond acceptors (Lipinski definition) is 4. The Bertz CT molecular complexity index is 1390. The van der Waals surface area contributed by atoms with E-state index in [0.717, 1.165) is 22.0 Å². The summed E-state index contributed by atoms with van der Waals surface area (Å²) in [6, 6.07) is 7.54. The van der Waals surface area contributed by atoms with Crippen molar-refractivity contribution in [2.75, 3.05) is 60.4 Å². The molecular formula is C26H31Cl2F4N5O3S.